The average Bonchev–Trinajstić information content (AvgIpc) is 2.95. The standard InChI is InChI=1S/C22H30ClN3O4/c1-22(2,3)30-21(29)25-11-8-15(9-12-25)18(23)14-24-10-13-26-19(27)16-6-4-5-7-17(16)20(26)28/h4-7,15,18,24H,8-14H2,1-3H3. The van der Waals surface area contributed by atoms with Gasteiger partial charge >= 0.3 is 6.09 Å². The largest absolute Gasteiger partial charge is 0.444 e. The van der Waals surface area contributed by atoms with Gasteiger partial charge in [-0.2, -0.15) is 0 Å². The molecule has 0 radical (unpaired) electrons. The van der Waals surface area contributed by atoms with Gasteiger partial charge in [-0.1, -0.05) is 12.1 Å². The zero-order valence-electron chi connectivity index (χ0n) is 17.8. The quantitative estimate of drug-likeness (QED) is 0.422. The van der Waals surface area contributed by atoms with E-state index in [0.29, 0.717) is 49.8 Å². The number of ether oxygens (including phenoxy) is 1. The maximum Gasteiger partial charge on any atom is 0.410 e. The fourth-order valence-corrected chi connectivity index (χ4v) is 4.17. The summed E-state index contributed by atoms with van der Waals surface area (Å²) in [6.07, 6.45) is 1.38. The van der Waals surface area contributed by atoms with Crippen molar-refractivity contribution >= 4 is 29.5 Å². The van der Waals surface area contributed by atoms with Gasteiger partial charge in [0, 0.05) is 38.1 Å². The summed E-state index contributed by atoms with van der Waals surface area (Å²) in [6.45, 7) is 8.25. The number of nitrogens with zero attached hydrogens (tertiary/aromatic N) is 2. The molecule has 1 saturated heterocycles. The number of likely N-dealkylation sites (tertiary alicyclic amines) is 1. The van der Waals surface area contributed by atoms with Crippen molar-refractivity contribution in [2.24, 2.45) is 5.92 Å². The number of rotatable bonds is 6. The first kappa shape index (κ1) is 22.6. The van der Waals surface area contributed by atoms with E-state index in [1.165, 1.54) is 4.90 Å². The number of halogens is 1. The maximum atomic E-state index is 12.4. The molecule has 7 nitrogen and oxygen atoms in total. The van der Waals surface area contributed by atoms with E-state index < -0.39 is 5.60 Å². The van der Waals surface area contributed by atoms with Crippen LogP contribution in [0.3, 0.4) is 0 Å². The maximum absolute atomic E-state index is 12.4. The number of carbonyl (C=O) groups excluding carboxylic acids is 3. The second kappa shape index (κ2) is 9.35. The third kappa shape index (κ3) is 5.32. The van der Waals surface area contributed by atoms with E-state index in [4.69, 9.17) is 16.3 Å². The fraction of sp³-hybridized carbons (Fsp3) is 0.591. The van der Waals surface area contributed by atoms with Crippen molar-refractivity contribution in [2.75, 3.05) is 32.7 Å². The molecule has 0 saturated carbocycles. The molecular formula is C22H30ClN3O4. The zero-order chi connectivity index (χ0) is 21.9. The topological polar surface area (TPSA) is 79.0 Å². The van der Waals surface area contributed by atoms with E-state index in [0.717, 1.165) is 12.8 Å². The second-order valence-corrected chi connectivity index (χ2v) is 9.39. The Hall–Kier alpha value is -2.12. The summed E-state index contributed by atoms with van der Waals surface area (Å²) < 4.78 is 5.42. The number of nitrogens with one attached hydrogen (secondary N) is 1. The lowest BCUT2D eigenvalue weighted by Crippen LogP contribution is -2.44. The molecule has 2 aliphatic heterocycles. The molecule has 1 unspecified atom stereocenters. The van der Waals surface area contributed by atoms with Crippen LogP contribution in [0.2, 0.25) is 0 Å². The molecule has 3 rings (SSSR count). The third-order valence-corrected chi connectivity index (χ3v) is 5.94. The lowest BCUT2D eigenvalue weighted by atomic mass is 9.93. The normalized spacial score (nSPS) is 18.5. The molecule has 3 amide bonds. The first-order chi connectivity index (χ1) is 14.2. The predicted octanol–water partition coefficient (Wildman–Crippen LogP) is 3.13. The van der Waals surface area contributed by atoms with E-state index in [9.17, 15) is 14.4 Å². The molecule has 1 atom stereocenters. The number of hydrogen-bond acceptors (Lipinski definition) is 5. The Bertz CT molecular complexity index is 765. The summed E-state index contributed by atoms with van der Waals surface area (Å²) >= 11 is 6.57. The van der Waals surface area contributed by atoms with Gasteiger partial charge in [0.1, 0.15) is 5.60 Å². The Morgan fingerprint density at radius 1 is 1.17 bits per heavy atom. The molecule has 0 aromatic heterocycles. The molecule has 1 N–H and O–H groups in total. The highest BCUT2D eigenvalue weighted by Crippen LogP contribution is 2.25. The van der Waals surface area contributed by atoms with Crippen molar-refractivity contribution in [1.29, 1.82) is 0 Å². The van der Waals surface area contributed by atoms with E-state index in [-0.39, 0.29) is 23.3 Å². The van der Waals surface area contributed by atoms with Gasteiger partial charge in [0.25, 0.3) is 11.8 Å². The smallest absolute Gasteiger partial charge is 0.410 e. The van der Waals surface area contributed by atoms with Crippen LogP contribution in [0.4, 0.5) is 4.79 Å². The van der Waals surface area contributed by atoms with Crippen LogP contribution in [0.25, 0.3) is 0 Å². The molecule has 0 bridgehead atoms. The fourth-order valence-electron chi connectivity index (χ4n) is 3.81. The molecule has 1 fully saturated rings. The minimum Gasteiger partial charge on any atom is -0.444 e. The predicted molar refractivity (Wildman–Crippen MR) is 115 cm³/mol. The van der Waals surface area contributed by atoms with Gasteiger partial charge in [-0.05, 0) is 51.7 Å². The summed E-state index contributed by atoms with van der Waals surface area (Å²) in [7, 11) is 0. The molecule has 164 valence electrons. The number of piperidine rings is 1. The lowest BCUT2D eigenvalue weighted by molar-refractivity contribution is 0.0182. The molecule has 8 heteroatoms. The highest BCUT2D eigenvalue weighted by Gasteiger charge is 2.34. The van der Waals surface area contributed by atoms with Crippen LogP contribution in [0.15, 0.2) is 24.3 Å². The number of alkyl halides is 1. The van der Waals surface area contributed by atoms with Crippen LogP contribution in [0.5, 0.6) is 0 Å². The van der Waals surface area contributed by atoms with Crippen molar-refractivity contribution in [3.05, 3.63) is 35.4 Å². The Morgan fingerprint density at radius 2 is 1.73 bits per heavy atom. The molecular weight excluding hydrogens is 406 g/mol. The Balaban J connectivity index is 1.37. The van der Waals surface area contributed by atoms with E-state index in [2.05, 4.69) is 5.32 Å². The van der Waals surface area contributed by atoms with Gasteiger partial charge in [0.15, 0.2) is 0 Å². The van der Waals surface area contributed by atoms with Gasteiger partial charge in [-0.15, -0.1) is 11.6 Å². The van der Waals surface area contributed by atoms with Crippen LogP contribution in [0.1, 0.15) is 54.3 Å². The molecule has 30 heavy (non-hydrogen) atoms. The van der Waals surface area contributed by atoms with Crippen molar-refractivity contribution in [2.45, 2.75) is 44.6 Å². The Labute approximate surface area is 182 Å². The first-order valence-electron chi connectivity index (χ1n) is 10.5. The Morgan fingerprint density at radius 3 is 2.27 bits per heavy atom. The van der Waals surface area contributed by atoms with Gasteiger partial charge in [-0.25, -0.2) is 4.79 Å². The zero-order valence-corrected chi connectivity index (χ0v) is 18.6. The van der Waals surface area contributed by atoms with E-state index >= 15 is 0 Å². The minimum absolute atomic E-state index is 0.0760. The van der Waals surface area contributed by atoms with Crippen LogP contribution < -0.4 is 5.32 Å². The lowest BCUT2D eigenvalue weighted by Gasteiger charge is -2.35. The third-order valence-electron chi connectivity index (χ3n) is 5.43. The monoisotopic (exact) mass is 435 g/mol. The molecule has 0 spiro atoms. The van der Waals surface area contributed by atoms with Gasteiger partial charge in [0.2, 0.25) is 0 Å². The first-order valence-corrected chi connectivity index (χ1v) is 10.9. The molecule has 1 aromatic carbocycles. The summed E-state index contributed by atoms with van der Waals surface area (Å²) in [5.74, 6) is -0.180. The molecule has 2 aliphatic rings. The Kier molecular flexibility index (Phi) is 7.03. The minimum atomic E-state index is -0.494. The highest BCUT2D eigenvalue weighted by molar-refractivity contribution is 6.21. The average molecular weight is 436 g/mol. The van der Waals surface area contributed by atoms with E-state index in [1.807, 2.05) is 20.8 Å². The second-order valence-electron chi connectivity index (χ2n) is 8.83. The number of hydrogen-bond donors (Lipinski definition) is 1. The van der Waals surface area contributed by atoms with Gasteiger partial charge < -0.3 is 15.0 Å². The molecule has 0 aliphatic carbocycles. The summed E-state index contributed by atoms with van der Waals surface area (Å²) in [4.78, 5) is 39.9. The van der Waals surface area contributed by atoms with Crippen molar-refractivity contribution in [1.82, 2.24) is 15.1 Å². The van der Waals surface area contributed by atoms with Gasteiger partial charge in [0.05, 0.1) is 11.1 Å². The number of amides is 3. The number of carbonyl (C=O) groups is 3. The van der Waals surface area contributed by atoms with Crippen LogP contribution in [-0.2, 0) is 4.74 Å². The highest BCUT2D eigenvalue weighted by atomic mass is 35.5. The number of benzene rings is 1. The number of fused-ring (bicyclic) bond motifs is 1. The van der Waals surface area contributed by atoms with Crippen molar-refractivity contribution < 1.29 is 19.1 Å². The number of imide groups is 1. The van der Waals surface area contributed by atoms with Crippen molar-refractivity contribution in [3.63, 3.8) is 0 Å². The summed E-state index contributed by atoms with van der Waals surface area (Å²) in [6, 6.07) is 6.89. The molecule has 2 heterocycles. The van der Waals surface area contributed by atoms with Crippen LogP contribution in [0, 0.1) is 5.92 Å². The van der Waals surface area contributed by atoms with Crippen LogP contribution >= 0.6 is 11.6 Å². The van der Waals surface area contributed by atoms with Crippen molar-refractivity contribution in [3.8, 4) is 0 Å². The summed E-state index contributed by atoms with van der Waals surface area (Å²) in [5, 5.41) is 3.18. The summed E-state index contributed by atoms with van der Waals surface area (Å²) in [5.41, 5.74) is 0.440. The SMILES string of the molecule is CC(C)(C)OC(=O)N1CCC(C(Cl)CNCCN2C(=O)c3ccccc3C2=O)CC1. The van der Waals surface area contributed by atoms with Gasteiger partial charge in [-0.3, -0.25) is 14.5 Å². The van der Waals surface area contributed by atoms with E-state index in [1.54, 1.807) is 29.2 Å². The molecule has 1 aromatic rings. The van der Waals surface area contributed by atoms with Crippen LogP contribution in [-0.4, -0.2) is 71.4 Å².